The molecule has 1 amide bonds. The lowest BCUT2D eigenvalue weighted by Gasteiger charge is -2.33. The zero-order chi connectivity index (χ0) is 19.6. The lowest BCUT2D eigenvalue weighted by Crippen LogP contribution is -3.15. The molecule has 152 valence electrons. The van der Waals surface area contributed by atoms with Crippen molar-refractivity contribution in [1.82, 2.24) is 9.21 Å². The van der Waals surface area contributed by atoms with Crippen LogP contribution < -0.4 is 4.90 Å². The smallest absolute Gasteiger partial charge is 0.282 e. The Morgan fingerprint density at radius 3 is 2.43 bits per heavy atom. The Morgan fingerprint density at radius 1 is 1.11 bits per heavy atom. The summed E-state index contributed by atoms with van der Waals surface area (Å²) < 4.78 is 27.1. The van der Waals surface area contributed by atoms with Crippen molar-refractivity contribution in [2.75, 3.05) is 32.7 Å². The van der Waals surface area contributed by atoms with Crippen LogP contribution in [-0.2, 0) is 14.8 Å². The number of allylic oxidation sites excluding steroid dienone is 2. The second-order valence-electron chi connectivity index (χ2n) is 8.08. The fourth-order valence-electron chi connectivity index (χ4n) is 4.23. The number of carbonyl (C=O) groups excluding carboxylic acids is 1. The number of carbonyl (C=O) groups is 1. The van der Waals surface area contributed by atoms with E-state index < -0.39 is 10.0 Å². The Balaban J connectivity index is 1.35. The van der Waals surface area contributed by atoms with Gasteiger partial charge < -0.3 is 9.80 Å². The minimum atomic E-state index is -3.44. The standard InChI is InChI=1S/C21H29N3O3S/c25-21(24(19-11-12-19)18-7-3-1-4-8-18)17-22-13-15-23(16-14-22)28(26,27)20-9-5-2-6-10-20/h2,5-7,9-10,19H,1,3-4,8,11-17H2/p+1. The fourth-order valence-corrected chi connectivity index (χ4v) is 5.69. The third-order valence-electron chi connectivity index (χ3n) is 5.97. The van der Waals surface area contributed by atoms with E-state index in [2.05, 4.69) is 11.0 Å². The summed E-state index contributed by atoms with van der Waals surface area (Å²) in [6.45, 7) is 2.75. The summed E-state index contributed by atoms with van der Waals surface area (Å²) in [6.07, 6.45) is 8.96. The van der Waals surface area contributed by atoms with E-state index in [9.17, 15) is 13.2 Å². The summed E-state index contributed by atoms with van der Waals surface area (Å²) in [6, 6.07) is 9.00. The van der Waals surface area contributed by atoms with Crippen LogP contribution in [0.1, 0.15) is 38.5 Å². The molecule has 0 bridgehead atoms. The highest BCUT2D eigenvalue weighted by molar-refractivity contribution is 7.89. The van der Waals surface area contributed by atoms with Crippen molar-refractivity contribution in [3.8, 4) is 0 Å². The number of hydrogen-bond donors (Lipinski definition) is 1. The molecule has 0 aromatic heterocycles. The van der Waals surface area contributed by atoms with Crippen LogP contribution in [-0.4, -0.2) is 62.3 Å². The minimum Gasteiger partial charge on any atom is -0.325 e. The largest absolute Gasteiger partial charge is 0.325 e. The Kier molecular flexibility index (Phi) is 5.85. The summed E-state index contributed by atoms with van der Waals surface area (Å²) >= 11 is 0. The maximum absolute atomic E-state index is 13.0. The molecule has 2 aliphatic carbocycles. The molecule has 1 aliphatic heterocycles. The monoisotopic (exact) mass is 404 g/mol. The van der Waals surface area contributed by atoms with Gasteiger partial charge in [0.2, 0.25) is 10.0 Å². The van der Waals surface area contributed by atoms with E-state index in [0.717, 1.165) is 25.7 Å². The molecule has 1 heterocycles. The van der Waals surface area contributed by atoms with Crippen molar-refractivity contribution in [3.63, 3.8) is 0 Å². The van der Waals surface area contributed by atoms with E-state index in [-0.39, 0.29) is 5.91 Å². The highest BCUT2D eigenvalue weighted by Crippen LogP contribution is 2.33. The van der Waals surface area contributed by atoms with Crippen molar-refractivity contribution >= 4 is 15.9 Å². The molecule has 3 aliphatic rings. The van der Waals surface area contributed by atoms with E-state index in [0.29, 0.717) is 43.7 Å². The zero-order valence-corrected chi connectivity index (χ0v) is 17.2. The zero-order valence-electron chi connectivity index (χ0n) is 16.3. The number of piperazine rings is 1. The number of sulfonamides is 1. The number of benzene rings is 1. The van der Waals surface area contributed by atoms with Crippen LogP contribution in [0.2, 0.25) is 0 Å². The van der Waals surface area contributed by atoms with Crippen molar-refractivity contribution in [2.45, 2.75) is 49.5 Å². The molecular weight excluding hydrogens is 374 g/mol. The number of nitrogens with one attached hydrogen (secondary N) is 1. The first-order valence-corrected chi connectivity index (χ1v) is 11.9. The molecule has 1 aromatic rings. The first-order valence-electron chi connectivity index (χ1n) is 10.5. The molecule has 6 nitrogen and oxygen atoms in total. The molecular formula is C21H30N3O3S+. The van der Waals surface area contributed by atoms with Crippen LogP contribution in [0.25, 0.3) is 0 Å². The molecule has 1 N–H and O–H groups in total. The predicted octanol–water partition coefficient (Wildman–Crippen LogP) is 1.02. The summed E-state index contributed by atoms with van der Waals surface area (Å²) in [7, 11) is -3.44. The van der Waals surface area contributed by atoms with E-state index in [4.69, 9.17) is 0 Å². The average molecular weight is 405 g/mol. The normalized spacial score (nSPS) is 21.9. The molecule has 0 radical (unpaired) electrons. The van der Waals surface area contributed by atoms with Gasteiger partial charge >= 0.3 is 0 Å². The first kappa shape index (κ1) is 19.6. The lowest BCUT2D eigenvalue weighted by molar-refractivity contribution is -0.895. The van der Waals surface area contributed by atoms with Gasteiger partial charge in [0.1, 0.15) is 0 Å². The van der Waals surface area contributed by atoms with Gasteiger partial charge in [-0.15, -0.1) is 0 Å². The average Bonchev–Trinajstić information content (AvgIpc) is 3.55. The summed E-state index contributed by atoms with van der Waals surface area (Å²) in [5.41, 5.74) is 1.23. The van der Waals surface area contributed by atoms with Gasteiger partial charge in [0.05, 0.1) is 31.1 Å². The summed E-state index contributed by atoms with van der Waals surface area (Å²) in [5, 5.41) is 0. The van der Waals surface area contributed by atoms with E-state index in [1.807, 2.05) is 6.07 Å². The van der Waals surface area contributed by atoms with Crippen LogP contribution in [0.3, 0.4) is 0 Å². The Labute approximate surface area is 167 Å². The molecule has 2 fully saturated rings. The highest BCUT2D eigenvalue weighted by Gasteiger charge is 2.37. The molecule has 0 unspecified atom stereocenters. The molecule has 1 saturated heterocycles. The van der Waals surface area contributed by atoms with Gasteiger partial charge in [0.25, 0.3) is 5.91 Å². The van der Waals surface area contributed by atoms with Gasteiger partial charge in [0, 0.05) is 11.7 Å². The summed E-state index contributed by atoms with van der Waals surface area (Å²) in [5.74, 6) is 0.213. The third kappa shape index (κ3) is 4.31. The number of quaternary nitrogens is 1. The minimum absolute atomic E-state index is 0.213. The van der Waals surface area contributed by atoms with Crippen molar-refractivity contribution in [1.29, 1.82) is 0 Å². The summed E-state index contributed by atoms with van der Waals surface area (Å²) in [4.78, 5) is 16.6. The topological polar surface area (TPSA) is 62.1 Å². The lowest BCUT2D eigenvalue weighted by atomic mass is 10.0. The van der Waals surface area contributed by atoms with Crippen LogP contribution in [0.15, 0.2) is 47.0 Å². The quantitative estimate of drug-likeness (QED) is 0.770. The maximum Gasteiger partial charge on any atom is 0.282 e. The van der Waals surface area contributed by atoms with Crippen LogP contribution >= 0.6 is 0 Å². The van der Waals surface area contributed by atoms with Gasteiger partial charge in [-0.05, 0) is 50.7 Å². The third-order valence-corrected chi connectivity index (χ3v) is 7.88. The molecule has 1 saturated carbocycles. The Hall–Kier alpha value is -1.70. The first-order chi connectivity index (χ1) is 13.6. The number of nitrogens with zero attached hydrogens (tertiary/aromatic N) is 2. The SMILES string of the molecule is O=C(C[NH+]1CCN(S(=O)(=O)c2ccccc2)CC1)N(C1=CCCCC1)C1CC1. The van der Waals surface area contributed by atoms with Gasteiger partial charge in [-0.25, -0.2) is 8.42 Å². The molecule has 0 spiro atoms. The second kappa shape index (κ2) is 8.35. The van der Waals surface area contributed by atoms with Crippen molar-refractivity contribution in [2.24, 2.45) is 0 Å². The van der Waals surface area contributed by atoms with E-state index in [1.165, 1.54) is 23.4 Å². The highest BCUT2D eigenvalue weighted by atomic mass is 32.2. The number of hydrogen-bond acceptors (Lipinski definition) is 3. The van der Waals surface area contributed by atoms with Gasteiger partial charge in [-0.3, -0.25) is 4.79 Å². The Bertz CT molecular complexity index is 826. The number of rotatable bonds is 6. The molecule has 4 rings (SSSR count). The van der Waals surface area contributed by atoms with Gasteiger partial charge in [0.15, 0.2) is 6.54 Å². The second-order valence-corrected chi connectivity index (χ2v) is 10.0. The van der Waals surface area contributed by atoms with Crippen molar-refractivity contribution < 1.29 is 18.1 Å². The Morgan fingerprint density at radius 2 is 1.82 bits per heavy atom. The molecule has 0 atom stereocenters. The van der Waals surface area contributed by atoms with Crippen LogP contribution in [0.5, 0.6) is 0 Å². The predicted molar refractivity (Wildman–Crippen MR) is 107 cm³/mol. The molecule has 28 heavy (non-hydrogen) atoms. The number of amides is 1. The van der Waals surface area contributed by atoms with E-state index >= 15 is 0 Å². The van der Waals surface area contributed by atoms with Crippen molar-refractivity contribution in [3.05, 3.63) is 42.1 Å². The van der Waals surface area contributed by atoms with Crippen LogP contribution in [0.4, 0.5) is 0 Å². The van der Waals surface area contributed by atoms with E-state index in [1.54, 1.807) is 28.6 Å². The van der Waals surface area contributed by atoms with Gasteiger partial charge in [-0.1, -0.05) is 24.3 Å². The van der Waals surface area contributed by atoms with Crippen LogP contribution in [0, 0.1) is 0 Å². The fraction of sp³-hybridized carbons (Fsp3) is 0.571. The maximum atomic E-state index is 13.0. The van der Waals surface area contributed by atoms with Gasteiger partial charge in [-0.2, -0.15) is 4.31 Å². The molecule has 7 heteroatoms. The molecule has 1 aromatic carbocycles.